The van der Waals surface area contributed by atoms with Crippen LogP contribution >= 0.6 is 0 Å². The minimum atomic E-state index is -0.657. The van der Waals surface area contributed by atoms with E-state index in [4.69, 9.17) is 0 Å². The molecule has 0 saturated carbocycles. The maximum atomic E-state index is 13.8. The molecule has 0 saturated heterocycles. The van der Waals surface area contributed by atoms with Crippen molar-refractivity contribution in [2.24, 2.45) is 22.1 Å². The molecule has 0 radical (unpaired) electrons. The van der Waals surface area contributed by atoms with Crippen molar-refractivity contribution in [2.45, 2.75) is 112 Å². The van der Waals surface area contributed by atoms with Crippen LogP contribution in [-0.2, 0) is 0 Å². The zero-order valence-corrected chi connectivity index (χ0v) is 27.5. The molecule has 2 unspecified atom stereocenters. The first-order chi connectivity index (χ1) is 20.3. The highest BCUT2D eigenvalue weighted by Gasteiger charge is 2.25. The zero-order chi connectivity index (χ0) is 32.2. The van der Waals surface area contributed by atoms with Crippen LogP contribution in [0.15, 0.2) is 39.3 Å². The Balaban J connectivity index is 2.31. The number of hydrogen-bond acceptors (Lipinski definition) is 6. The van der Waals surface area contributed by atoms with E-state index in [2.05, 4.69) is 48.2 Å². The van der Waals surface area contributed by atoms with Crippen LogP contribution < -0.4 is 10.9 Å². The van der Waals surface area contributed by atoms with Crippen LogP contribution in [0.4, 0.5) is 11.4 Å². The summed E-state index contributed by atoms with van der Waals surface area (Å²) in [5, 5.41) is 21.4. The van der Waals surface area contributed by atoms with E-state index in [1.165, 1.54) is 12.8 Å². The Labute approximate surface area is 257 Å². The number of aromatic hydroxyl groups is 1. The van der Waals surface area contributed by atoms with Crippen molar-refractivity contribution in [2.75, 3.05) is 13.1 Å². The minimum absolute atomic E-state index is 0.0220. The SMILES string of the molecule is CCCCC(CC)CN(CC(CC)CCCC)C(=O)c1ccc(N=Nc2c(C)c(C(=O)NC(C)(C)C)c(O)[nH]c2=O)cc1. The topological polar surface area (TPSA) is 127 Å². The van der Waals surface area contributed by atoms with Crippen LogP contribution in [0.3, 0.4) is 0 Å². The van der Waals surface area contributed by atoms with Crippen LogP contribution in [0, 0.1) is 18.8 Å². The summed E-state index contributed by atoms with van der Waals surface area (Å²) in [6.07, 6.45) is 8.97. The maximum absolute atomic E-state index is 13.8. The summed E-state index contributed by atoms with van der Waals surface area (Å²) in [4.78, 5) is 43.4. The Morgan fingerprint density at radius 1 is 0.930 bits per heavy atom. The van der Waals surface area contributed by atoms with E-state index < -0.39 is 22.9 Å². The van der Waals surface area contributed by atoms with Gasteiger partial charge in [-0.15, -0.1) is 5.11 Å². The number of carbonyl (C=O) groups excluding carboxylic acids is 2. The molecule has 2 aromatic rings. The van der Waals surface area contributed by atoms with Gasteiger partial charge in [-0.1, -0.05) is 66.2 Å². The summed E-state index contributed by atoms with van der Waals surface area (Å²) in [5.41, 5.74) is -0.0555. The van der Waals surface area contributed by atoms with Crippen LogP contribution in [0.1, 0.15) is 126 Å². The number of amides is 2. The van der Waals surface area contributed by atoms with E-state index in [0.29, 0.717) is 23.1 Å². The molecule has 0 aliphatic heterocycles. The van der Waals surface area contributed by atoms with Gasteiger partial charge in [-0.05, 0) is 76.6 Å². The van der Waals surface area contributed by atoms with Gasteiger partial charge in [0.2, 0.25) is 5.88 Å². The van der Waals surface area contributed by atoms with Gasteiger partial charge in [-0.25, -0.2) is 0 Å². The second-order valence-corrected chi connectivity index (χ2v) is 12.6. The standard InChI is InChI=1S/C34H53N5O4/c1-9-13-15-24(11-3)21-39(22-25(12-4)16-14-10-2)33(43)26-17-19-27(20-18-26)37-38-29-23(5)28(30(40)35-32(29)42)31(41)36-34(6,7)8/h17-20,24-25H,9-16,21-22H2,1-8H3,(H,36,41)(H2,35,40,42). The lowest BCUT2D eigenvalue weighted by Gasteiger charge is -2.31. The molecule has 0 fully saturated rings. The van der Waals surface area contributed by atoms with Crippen molar-refractivity contribution in [3.05, 3.63) is 51.3 Å². The molecule has 0 aliphatic carbocycles. The highest BCUT2D eigenvalue weighted by Crippen LogP contribution is 2.27. The number of rotatable bonds is 16. The summed E-state index contributed by atoms with van der Waals surface area (Å²) in [6.45, 7) is 17.3. The smallest absolute Gasteiger partial charge is 0.278 e. The van der Waals surface area contributed by atoms with Gasteiger partial charge in [-0.3, -0.25) is 19.4 Å². The Hall–Kier alpha value is -3.49. The van der Waals surface area contributed by atoms with Gasteiger partial charge < -0.3 is 15.3 Å². The molecule has 1 heterocycles. The fourth-order valence-corrected chi connectivity index (χ4v) is 5.16. The van der Waals surface area contributed by atoms with E-state index in [-0.39, 0.29) is 22.7 Å². The number of aromatic amines is 1. The highest BCUT2D eigenvalue weighted by molar-refractivity contribution is 5.99. The molecule has 0 bridgehead atoms. The molecule has 1 aromatic carbocycles. The average molecular weight is 596 g/mol. The van der Waals surface area contributed by atoms with Crippen LogP contribution in [0.5, 0.6) is 5.88 Å². The van der Waals surface area contributed by atoms with E-state index in [9.17, 15) is 19.5 Å². The lowest BCUT2D eigenvalue weighted by Crippen LogP contribution is -2.41. The van der Waals surface area contributed by atoms with Gasteiger partial charge in [0, 0.05) is 29.8 Å². The molecule has 0 aliphatic rings. The quantitative estimate of drug-likeness (QED) is 0.169. The number of H-pyrrole nitrogens is 1. The first kappa shape index (κ1) is 35.7. The monoisotopic (exact) mass is 595 g/mol. The fraction of sp³-hybridized carbons (Fsp3) is 0.618. The summed E-state index contributed by atoms with van der Waals surface area (Å²) in [5.74, 6) is -0.0719. The van der Waals surface area contributed by atoms with Gasteiger partial charge in [-0.2, -0.15) is 5.11 Å². The highest BCUT2D eigenvalue weighted by atomic mass is 16.3. The third-order valence-corrected chi connectivity index (χ3v) is 7.84. The maximum Gasteiger partial charge on any atom is 0.278 e. The average Bonchev–Trinajstić information content (AvgIpc) is 2.95. The van der Waals surface area contributed by atoms with Gasteiger partial charge in [0.1, 0.15) is 5.56 Å². The number of benzene rings is 1. The largest absolute Gasteiger partial charge is 0.494 e. The number of aromatic nitrogens is 1. The second kappa shape index (κ2) is 17.0. The Morgan fingerprint density at radius 3 is 1.93 bits per heavy atom. The number of pyridine rings is 1. The number of nitrogens with one attached hydrogen (secondary N) is 2. The second-order valence-electron chi connectivity index (χ2n) is 12.6. The van der Waals surface area contributed by atoms with Crippen molar-refractivity contribution in [3.8, 4) is 5.88 Å². The van der Waals surface area contributed by atoms with Crippen LogP contribution in [0.2, 0.25) is 0 Å². The summed E-state index contributed by atoms with van der Waals surface area (Å²) in [7, 11) is 0. The summed E-state index contributed by atoms with van der Waals surface area (Å²) in [6, 6.07) is 6.91. The van der Waals surface area contributed by atoms with E-state index in [1.807, 2.05) is 25.7 Å². The Morgan fingerprint density at radius 2 is 1.47 bits per heavy atom. The van der Waals surface area contributed by atoms with Gasteiger partial charge in [0.15, 0.2) is 5.69 Å². The number of nitrogens with zero attached hydrogens (tertiary/aromatic N) is 3. The number of unbranched alkanes of at least 4 members (excludes halogenated alkanes) is 2. The predicted molar refractivity (Wildman–Crippen MR) is 174 cm³/mol. The van der Waals surface area contributed by atoms with Gasteiger partial charge in [0.25, 0.3) is 17.4 Å². The van der Waals surface area contributed by atoms with E-state index in [1.54, 1.807) is 31.2 Å². The molecule has 9 nitrogen and oxygen atoms in total. The molecular weight excluding hydrogens is 542 g/mol. The molecule has 2 atom stereocenters. The number of hydrogen-bond donors (Lipinski definition) is 3. The molecule has 0 spiro atoms. The molecule has 9 heteroatoms. The molecule has 43 heavy (non-hydrogen) atoms. The van der Waals surface area contributed by atoms with E-state index in [0.717, 1.165) is 51.6 Å². The molecule has 1 aromatic heterocycles. The van der Waals surface area contributed by atoms with Gasteiger partial charge >= 0.3 is 0 Å². The normalized spacial score (nSPS) is 13.2. The molecule has 2 amide bonds. The van der Waals surface area contributed by atoms with Crippen molar-refractivity contribution < 1.29 is 14.7 Å². The fourth-order valence-electron chi connectivity index (χ4n) is 5.16. The Kier molecular flexibility index (Phi) is 14.1. The summed E-state index contributed by atoms with van der Waals surface area (Å²) >= 11 is 0. The minimum Gasteiger partial charge on any atom is -0.494 e. The van der Waals surface area contributed by atoms with E-state index >= 15 is 0 Å². The molecule has 2 rings (SSSR count). The molecule has 238 valence electrons. The third kappa shape index (κ3) is 10.9. The number of carbonyl (C=O) groups is 2. The van der Waals surface area contributed by atoms with Crippen LogP contribution in [-0.4, -0.2) is 45.4 Å². The number of azo groups is 1. The third-order valence-electron chi connectivity index (χ3n) is 7.84. The molecular formula is C34H53N5O4. The van der Waals surface area contributed by atoms with Crippen molar-refractivity contribution in [3.63, 3.8) is 0 Å². The van der Waals surface area contributed by atoms with Crippen molar-refractivity contribution >= 4 is 23.2 Å². The van der Waals surface area contributed by atoms with Crippen LogP contribution in [0.25, 0.3) is 0 Å². The lowest BCUT2D eigenvalue weighted by atomic mass is 9.95. The first-order valence-electron chi connectivity index (χ1n) is 15.9. The summed E-state index contributed by atoms with van der Waals surface area (Å²) < 4.78 is 0. The molecule has 3 N–H and O–H groups in total. The van der Waals surface area contributed by atoms with Crippen molar-refractivity contribution in [1.29, 1.82) is 0 Å². The van der Waals surface area contributed by atoms with Gasteiger partial charge in [0.05, 0.1) is 5.69 Å². The zero-order valence-electron chi connectivity index (χ0n) is 27.5. The Bertz CT molecular complexity index is 1260. The first-order valence-corrected chi connectivity index (χ1v) is 15.9. The predicted octanol–water partition coefficient (Wildman–Crippen LogP) is 8.21. The lowest BCUT2D eigenvalue weighted by molar-refractivity contribution is 0.0684. The van der Waals surface area contributed by atoms with Crippen molar-refractivity contribution in [1.82, 2.24) is 15.2 Å².